The molecule has 5 nitrogen and oxygen atoms in total. The Morgan fingerprint density at radius 2 is 1.70 bits per heavy atom. The van der Waals surface area contributed by atoms with Crippen LogP contribution < -0.4 is 0 Å². The summed E-state index contributed by atoms with van der Waals surface area (Å²) in [4.78, 5) is 23.7. The van der Waals surface area contributed by atoms with E-state index in [1.54, 1.807) is 0 Å². The highest BCUT2D eigenvalue weighted by Gasteiger charge is 2.64. The summed E-state index contributed by atoms with van der Waals surface area (Å²) in [7, 11) is 1.80. The van der Waals surface area contributed by atoms with Gasteiger partial charge in [-0.15, -0.1) is 0 Å². The third-order valence-corrected chi connectivity index (χ3v) is 3.26. The molecule has 0 fully saturated rings. The van der Waals surface area contributed by atoms with E-state index in [4.69, 9.17) is 4.74 Å². The number of hydrogen-bond acceptors (Lipinski definition) is 5. The van der Waals surface area contributed by atoms with Crippen molar-refractivity contribution in [1.82, 2.24) is 0 Å². The summed E-state index contributed by atoms with van der Waals surface area (Å²) < 4.78 is 54.5. The zero-order valence-electron chi connectivity index (χ0n) is 12.8. The fraction of sp³-hybridized carbons (Fsp3) is 0.467. The van der Waals surface area contributed by atoms with Crippen molar-refractivity contribution in [3.05, 3.63) is 35.9 Å². The maximum atomic E-state index is 13.6. The fourth-order valence-electron chi connectivity index (χ4n) is 2.03. The Balaban J connectivity index is 3.30. The van der Waals surface area contributed by atoms with Crippen LogP contribution in [0.25, 0.3) is 0 Å². The smallest absolute Gasteiger partial charge is 0.432 e. The van der Waals surface area contributed by atoms with E-state index >= 15 is 0 Å². The van der Waals surface area contributed by atoms with E-state index in [-0.39, 0.29) is 6.42 Å². The fourth-order valence-corrected chi connectivity index (χ4v) is 2.03. The first kappa shape index (κ1) is 19.0. The molecule has 0 spiro atoms. The molecule has 1 aromatic carbocycles. The number of ether oxygens (including phenoxy) is 3. The zero-order chi connectivity index (χ0) is 17.7. The van der Waals surface area contributed by atoms with Gasteiger partial charge in [-0.1, -0.05) is 37.3 Å². The maximum Gasteiger partial charge on any atom is 0.432 e. The molecule has 0 N–H and O–H groups in total. The third-order valence-electron chi connectivity index (χ3n) is 3.26. The molecule has 23 heavy (non-hydrogen) atoms. The molecule has 0 unspecified atom stereocenters. The van der Waals surface area contributed by atoms with Crippen molar-refractivity contribution in [3.8, 4) is 0 Å². The minimum atomic E-state index is -5.09. The second-order valence-corrected chi connectivity index (χ2v) is 4.57. The van der Waals surface area contributed by atoms with Gasteiger partial charge in [-0.2, -0.15) is 13.2 Å². The Bertz CT molecular complexity index is 544. The molecule has 0 saturated heterocycles. The number of carbonyl (C=O) groups excluding carboxylic acids is 2. The van der Waals surface area contributed by atoms with Gasteiger partial charge in [-0.05, 0) is 6.42 Å². The Kier molecular flexibility index (Phi) is 6.14. The average Bonchev–Trinajstić information content (AvgIpc) is 2.52. The molecule has 0 aliphatic carbocycles. The molecular weight excluding hydrogens is 317 g/mol. The van der Waals surface area contributed by atoms with Crippen molar-refractivity contribution in [1.29, 1.82) is 0 Å². The first-order valence-electron chi connectivity index (χ1n) is 6.70. The quantitative estimate of drug-likeness (QED) is 0.748. The van der Waals surface area contributed by atoms with E-state index in [1.165, 1.54) is 25.1 Å². The van der Waals surface area contributed by atoms with Crippen LogP contribution in [-0.2, 0) is 29.4 Å². The molecular formula is C15H17F3O5. The predicted octanol–water partition coefficient (Wildman–Crippen LogP) is 2.59. The van der Waals surface area contributed by atoms with Crippen LogP contribution in [0.1, 0.15) is 18.9 Å². The molecule has 1 rings (SSSR count). The summed E-state index contributed by atoms with van der Waals surface area (Å²) in [6.45, 7) is 1.47. The molecule has 0 aromatic heterocycles. The first-order valence-corrected chi connectivity index (χ1v) is 6.70. The Labute approximate surface area is 131 Å². The van der Waals surface area contributed by atoms with Crippen molar-refractivity contribution in [2.75, 3.05) is 14.2 Å². The van der Waals surface area contributed by atoms with Crippen molar-refractivity contribution < 1.29 is 37.0 Å². The van der Waals surface area contributed by atoms with Crippen LogP contribution in [0.5, 0.6) is 0 Å². The van der Waals surface area contributed by atoms with Crippen LogP contribution in [0.4, 0.5) is 13.2 Å². The highest BCUT2D eigenvalue weighted by Crippen LogP contribution is 2.43. The standard InChI is InChI=1S/C15H17F3O5/c1-4-11(12(19)21-2)23-13(20)14(22-3,15(16,17)18)10-8-6-5-7-9-10/h5-9,11H,4H2,1-3H3/t11-,14+/m0/s1. The van der Waals surface area contributed by atoms with E-state index in [1.807, 2.05) is 0 Å². The van der Waals surface area contributed by atoms with Gasteiger partial charge < -0.3 is 14.2 Å². The lowest BCUT2D eigenvalue weighted by Gasteiger charge is -2.33. The molecule has 0 bridgehead atoms. The Hall–Kier alpha value is -2.09. The summed E-state index contributed by atoms with van der Waals surface area (Å²) in [5.74, 6) is -2.67. The zero-order valence-corrected chi connectivity index (χ0v) is 12.8. The average molecular weight is 334 g/mol. The van der Waals surface area contributed by atoms with E-state index in [0.29, 0.717) is 0 Å². The van der Waals surface area contributed by atoms with Crippen molar-refractivity contribution in [2.24, 2.45) is 0 Å². The second kappa shape index (κ2) is 7.45. The first-order chi connectivity index (χ1) is 10.7. The van der Waals surface area contributed by atoms with Crippen molar-refractivity contribution >= 4 is 11.9 Å². The summed E-state index contributed by atoms with van der Waals surface area (Å²) in [5, 5.41) is 0. The number of rotatable bonds is 6. The Morgan fingerprint density at radius 1 is 1.13 bits per heavy atom. The highest BCUT2D eigenvalue weighted by atomic mass is 19.4. The van der Waals surface area contributed by atoms with E-state index in [0.717, 1.165) is 26.4 Å². The molecule has 0 saturated carbocycles. The van der Waals surface area contributed by atoms with Gasteiger partial charge in [0.25, 0.3) is 5.60 Å². The van der Waals surface area contributed by atoms with Gasteiger partial charge in [-0.25, -0.2) is 9.59 Å². The predicted molar refractivity (Wildman–Crippen MR) is 73.4 cm³/mol. The minimum absolute atomic E-state index is 0.0369. The van der Waals surface area contributed by atoms with Crippen LogP contribution >= 0.6 is 0 Å². The summed E-state index contributed by atoms with van der Waals surface area (Å²) >= 11 is 0. The number of halogens is 3. The second-order valence-electron chi connectivity index (χ2n) is 4.57. The molecule has 0 aliphatic heterocycles. The summed E-state index contributed by atoms with van der Waals surface area (Å²) in [6.07, 6.45) is -6.58. The molecule has 0 heterocycles. The molecule has 128 valence electrons. The molecule has 0 amide bonds. The third kappa shape index (κ3) is 3.64. The maximum absolute atomic E-state index is 13.6. The molecule has 0 aliphatic rings. The van der Waals surface area contributed by atoms with Gasteiger partial charge in [-0.3, -0.25) is 0 Å². The highest BCUT2D eigenvalue weighted by molar-refractivity contribution is 5.86. The van der Waals surface area contributed by atoms with E-state index < -0.39 is 35.4 Å². The van der Waals surface area contributed by atoms with Gasteiger partial charge in [0.1, 0.15) is 0 Å². The van der Waals surface area contributed by atoms with Crippen molar-refractivity contribution in [3.63, 3.8) is 0 Å². The lowest BCUT2D eigenvalue weighted by molar-refractivity contribution is -0.278. The van der Waals surface area contributed by atoms with Gasteiger partial charge in [0.15, 0.2) is 6.10 Å². The van der Waals surface area contributed by atoms with Gasteiger partial charge in [0, 0.05) is 12.7 Å². The molecule has 8 heteroatoms. The number of methoxy groups -OCH3 is 2. The molecule has 1 aromatic rings. The number of alkyl halides is 3. The van der Waals surface area contributed by atoms with Crippen LogP contribution in [0.3, 0.4) is 0 Å². The van der Waals surface area contributed by atoms with Gasteiger partial charge in [0.05, 0.1) is 7.11 Å². The number of hydrogen-bond donors (Lipinski definition) is 0. The van der Waals surface area contributed by atoms with Crippen LogP contribution in [0, 0.1) is 0 Å². The van der Waals surface area contributed by atoms with E-state index in [9.17, 15) is 22.8 Å². The Morgan fingerprint density at radius 3 is 2.09 bits per heavy atom. The largest absolute Gasteiger partial charge is 0.466 e. The number of esters is 2. The molecule has 0 radical (unpaired) electrons. The van der Waals surface area contributed by atoms with Crippen LogP contribution in [-0.4, -0.2) is 38.4 Å². The SMILES string of the molecule is CC[C@H](OC(=O)[C@](OC)(c1ccccc1)C(F)(F)F)C(=O)OC. The van der Waals surface area contributed by atoms with E-state index in [2.05, 4.69) is 9.47 Å². The normalized spacial score (nSPS) is 15.4. The monoisotopic (exact) mass is 334 g/mol. The lowest BCUT2D eigenvalue weighted by Crippen LogP contribution is -2.53. The summed E-state index contributed by atoms with van der Waals surface area (Å²) in [5.41, 5.74) is -3.77. The van der Waals surface area contributed by atoms with Crippen molar-refractivity contribution in [2.45, 2.75) is 31.2 Å². The molecule has 2 atom stereocenters. The van der Waals surface area contributed by atoms with Crippen LogP contribution in [0.15, 0.2) is 30.3 Å². The number of benzene rings is 1. The van der Waals surface area contributed by atoms with Crippen LogP contribution in [0.2, 0.25) is 0 Å². The number of carbonyl (C=O) groups is 2. The summed E-state index contributed by atoms with van der Waals surface area (Å²) in [6, 6.07) is 6.35. The lowest BCUT2D eigenvalue weighted by atomic mass is 9.92. The topological polar surface area (TPSA) is 61.8 Å². The van der Waals surface area contributed by atoms with Gasteiger partial charge >= 0.3 is 18.1 Å². The minimum Gasteiger partial charge on any atom is -0.466 e. The van der Waals surface area contributed by atoms with Gasteiger partial charge in [0.2, 0.25) is 0 Å².